The Bertz CT molecular complexity index is 948. The number of fused-ring (bicyclic) bond motifs is 1. The Morgan fingerprint density at radius 3 is 2.96 bits per heavy atom. The maximum Gasteiger partial charge on any atom is 0.289 e. The van der Waals surface area contributed by atoms with Gasteiger partial charge in [-0.15, -0.1) is 0 Å². The van der Waals surface area contributed by atoms with E-state index >= 15 is 0 Å². The second-order valence-corrected chi connectivity index (χ2v) is 7.53. The molecule has 0 radical (unpaired) electrons. The van der Waals surface area contributed by atoms with Crippen LogP contribution in [0.3, 0.4) is 0 Å². The van der Waals surface area contributed by atoms with Crippen LogP contribution in [-0.4, -0.2) is 34.8 Å². The van der Waals surface area contributed by atoms with Crippen LogP contribution in [0.15, 0.2) is 41.0 Å². The lowest BCUT2D eigenvalue weighted by Crippen LogP contribution is -2.43. The maximum atomic E-state index is 12.7. The second-order valence-electron chi connectivity index (χ2n) is 6.50. The van der Waals surface area contributed by atoms with Crippen molar-refractivity contribution >= 4 is 38.5 Å². The van der Waals surface area contributed by atoms with E-state index in [1.165, 1.54) is 17.6 Å². The summed E-state index contributed by atoms with van der Waals surface area (Å²) >= 11 is 1.47. The third kappa shape index (κ3) is 3.22. The fraction of sp³-hybridized carbons (Fsp3) is 0.316. The summed E-state index contributed by atoms with van der Waals surface area (Å²) in [6, 6.07) is 9.33. The van der Waals surface area contributed by atoms with Crippen LogP contribution in [0.4, 0.5) is 5.13 Å². The Morgan fingerprint density at radius 2 is 2.19 bits per heavy atom. The number of nitrogens with zero attached hydrogens (tertiary/aromatic N) is 2. The Morgan fingerprint density at radius 1 is 1.31 bits per heavy atom. The molecule has 6 nitrogen and oxygen atoms in total. The van der Waals surface area contributed by atoms with Crippen molar-refractivity contribution in [1.29, 1.82) is 0 Å². The number of aryl methyl sites for hydroxylation is 1. The number of benzene rings is 1. The van der Waals surface area contributed by atoms with Crippen molar-refractivity contribution in [3.8, 4) is 0 Å². The fourth-order valence-electron chi connectivity index (χ4n) is 3.28. The van der Waals surface area contributed by atoms with Gasteiger partial charge in [0.2, 0.25) is 5.91 Å². The van der Waals surface area contributed by atoms with Gasteiger partial charge in [0, 0.05) is 13.1 Å². The first-order valence-electron chi connectivity index (χ1n) is 8.61. The third-order valence-corrected chi connectivity index (χ3v) is 5.60. The van der Waals surface area contributed by atoms with E-state index in [4.69, 9.17) is 4.42 Å². The molecule has 0 aliphatic carbocycles. The van der Waals surface area contributed by atoms with Gasteiger partial charge in [-0.3, -0.25) is 9.59 Å². The molecule has 1 atom stereocenters. The summed E-state index contributed by atoms with van der Waals surface area (Å²) in [6.45, 7) is 3.05. The fourth-order valence-corrected chi connectivity index (χ4v) is 4.23. The Hall–Kier alpha value is -2.67. The van der Waals surface area contributed by atoms with E-state index in [-0.39, 0.29) is 17.7 Å². The maximum absolute atomic E-state index is 12.7. The van der Waals surface area contributed by atoms with Crippen LogP contribution in [0.2, 0.25) is 0 Å². The van der Waals surface area contributed by atoms with E-state index in [2.05, 4.69) is 10.3 Å². The molecule has 3 aromatic rings. The zero-order chi connectivity index (χ0) is 18.1. The lowest BCUT2D eigenvalue weighted by Gasteiger charge is -2.31. The van der Waals surface area contributed by atoms with Crippen LogP contribution in [0.1, 0.15) is 29.0 Å². The highest BCUT2D eigenvalue weighted by Crippen LogP contribution is 2.29. The lowest BCUT2D eigenvalue weighted by atomic mass is 9.97. The smallest absolute Gasteiger partial charge is 0.289 e. The number of thiazole rings is 1. The molecular formula is C19H19N3O3S. The average molecular weight is 369 g/mol. The summed E-state index contributed by atoms with van der Waals surface area (Å²) in [5, 5.41) is 3.53. The molecule has 1 aliphatic heterocycles. The van der Waals surface area contributed by atoms with Crippen LogP contribution in [-0.2, 0) is 4.79 Å². The number of rotatable bonds is 3. The minimum atomic E-state index is -0.240. The highest BCUT2D eigenvalue weighted by Gasteiger charge is 2.30. The van der Waals surface area contributed by atoms with E-state index < -0.39 is 0 Å². The Kier molecular flexibility index (Phi) is 4.46. The summed E-state index contributed by atoms with van der Waals surface area (Å²) in [6.07, 6.45) is 3.04. The molecule has 0 spiro atoms. The number of para-hydroxylation sites is 1. The van der Waals surface area contributed by atoms with Crippen molar-refractivity contribution in [1.82, 2.24) is 9.88 Å². The summed E-state index contributed by atoms with van der Waals surface area (Å²) in [4.78, 5) is 31.3. The second kappa shape index (κ2) is 6.92. The van der Waals surface area contributed by atoms with Gasteiger partial charge in [-0.25, -0.2) is 4.98 Å². The number of hydrogen-bond donors (Lipinski definition) is 1. The number of hydrogen-bond acceptors (Lipinski definition) is 5. The van der Waals surface area contributed by atoms with Crippen molar-refractivity contribution < 1.29 is 14.0 Å². The molecule has 134 valence electrons. The number of furan rings is 1. The molecule has 2 aromatic heterocycles. The minimum absolute atomic E-state index is 0.0846. The average Bonchev–Trinajstić information content (AvgIpc) is 3.31. The number of carbonyl (C=O) groups is 2. The molecule has 1 N–H and O–H groups in total. The van der Waals surface area contributed by atoms with Crippen molar-refractivity contribution in [2.75, 3.05) is 18.4 Å². The largest absolute Gasteiger partial charge is 0.459 e. The SMILES string of the molecule is Cc1cccc2sc(NC(=O)C3CCCN(C(=O)c4ccco4)C3)nc12. The molecule has 1 saturated heterocycles. The minimum Gasteiger partial charge on any atom is -0.459 e. The number of carbonyl (C=O) groups excluding carboxylic acids is 2. The molecule has 26 heavy (non-hydrogen) atoms. The molecule has 7 heteroatoms. The summed E-state index contributed by atoms with van der Waals surface area (Å²) in [7, 11) is 0. The van der Waals surface area contributed by atoms with Gasteiger partial charge in [-0.2, -0.15) is 0 Å². The van der Waals surface area contributed by atoms with Crippen LogP contribution in [0, 0.1) is 12.8 Å². The summed E-state index contributed by atoms with van der Waals surface area (Å²) < 4.78 is 6.24. The molecule has 2 amide bonds. The van der Waals surface area contributed by atoms with Gasteiger partial charge >= 0.3 is 0 Å². The zero-order valence-corrected chi connectivity index (χ0v) is 15.2. The lowest BCUT2D eigenvalue weighted by molar-refractivity contribution is -0.121. The molecule has 1 unspecified atom stereocenters. The molecule has 0 saturated carbocycles. The molecule has 1 aromatic carbocycles. The Balaban J connectivity index is 1.45. The van der Waals surface area contributed by atoms with Crippen LogP contribution >= 0.6 is 11.3 Å². The Labute approximate surface area is 154 Å². The topological polar surface area (TPSA) is 75.4 Å². The highest BCUT2D eigenvalue weighted by molar-refractivity contribution is 7.22. The van der Waals surface area contributed by atoms with E-state index in [0.29, 0.717) is 24.0 Å². The predicted octanol–water partition coefficient (Wildman–Crippen LogP) is 3.69. The van der Waals surface area contributed by atoms with Gasteiger partial charge in [-0.1, -0.05) is 23.5 Å². The van der Waals surface area contributed by atoms with Gasteiger partial charge in [0.15, 0.2) is 10.9 Å². The standard InChI is InChI=1S/C19H19N3O3S/c1-12-5-2-8-15-16(12)20-19(26-15)21-17(23)13-6-3-9-22(11-13)18(24)14-7-4-10-25-14/h2,4-5,7-8,10,13H,3,6,9,11H2,1H3,(H,20,21,23). The van der Waals surface area contributed by atoms with Gasteiger partial charge < -0.3 is 14.6 Å². The predicted molar refractivity (Wildman–Crippen MR) is 100 cm³/mol. The first-order valence-corrected chi connectivity index (χ1v) is 9.43. The van der Waals surface area contributed by atoms with Gasteiger partial charge in [0.1, 0.15) is 0 Å². The van der Waals surface area contributed by atoms with Crippen molar-refractivity contribution in [3.63, 3.8) is 0 Å². The molecule has 3 heterocycles. The van der Waals surface area contributed by atoms with Crippen molar-refractivity contribution in [3.05, 3.63) is 47.9 Å². The van der Waals surface area contributed by atoms with Gasteiger partial charge in [0.05, 0.1) is 22.4 Å². The zero-order valence-electron chi connectivity index (χ0n) is 14.4. The van der Waals surface area contributed by atoms with E-state index in [9.17, 15) is 9.59 Å². The number of piperidine rings is 1. The summed E-state index contributed by atoms with van der Waals surface area (Å²) in [5.74, 6) is -0.176. The number of nitrogens with one attached hydrogen (secondary N) is 1. The quantitative estimate of drug-likeness (QED) is 0.764. The van der Waals surface area contributed by atoms with E-state index in [0.717, 1.165) is 28.6 Å². The van der Waals surface area contributed by atoms with Crippen molar-refractivity contribution in [2.45, 2.75) is 19.8 Å². The molecule has 1 aliphatic rings. The molecule has 1 fully saturated rings. The molecule has 0 bridgehead atoms. The van der Waals surface area contributed by atoms with Crippen LogP contribution < -0.4 is 5.32 Å². The van der Waals surface area contributed by atoms with Crippen LogP contribution in [0.5, 0.6) is 0 Å². The number of aromatic nitrogens is 1. The molecule has 4 rings (SSSR count). The van der Waals surface area contributed by atoms with Gasteiger partial charge in [0.25, 0.3) is 5.91 Å². The number of amides is 2. The van der Waals surface area contributed by atoms with Crippen molar-refractivity contribution in [2.24, 2.45) is 5.92 Å². The van der Waals surface area contributed by atoms with E-state index in [1.54, 1.807) is 17.0 Å². The highest BCUT2D eigenvalue weighted by atomic mass is 32.1. The summed E-state index contributed by atoms with van der Waals surface area (Å²) in [5.41, 5.74) is 2.01. The van der Waals surface area contributed by atoms with Crippen LogP contribution in [0.25, 0.3) is 10.2 Å². The number of likely N-dealkylation sites (tertiary alicyclic amines) is 1. The third-order valence-electron chi connectivity index (χ3n) is 4.66. The molecular weight excluding hydrogens is 350 g/mol. The first-order chi connectivity index (χ1) is 12.6. The van der Waals surface area contributed by atoms with Gasteiger partial charge in [-0.05, 0) is 43.5 Å². The first kappa shape index (κ1) is 16.8. The normalized spacial score (nSPS) is 17.4. The number of anilines is 1. The van der Waals surface area contributed by atoms with E-state index in [1.807, 2.05) is 25.1 Å². The monoisotopic (exact) mass is 369 g/mol.